The van der Waals surface area contributed by atoms with Crippen molar-refractivity contribution in [3.8, 4) is 0 Å². The Labute approximate surface area is 99.2 Å². The summed E-state index contributed by atoms with van der Waals surface area (Å²) in [6.45, 7) is 3.99. The van der Waals surface area contributed by atoms with E-state index in [0.717, 1.165) is 25.7 Å². The van der Waals surface area contributed by atoms with E-state index in [4.69, 9.17) is 10.3 Å². The summed E-state index contributed by atoms with van der Waals surface area (Å²) in [4.78, 5) is 11.6. The summed E-state index contributed by atoms with van der Waals surface area (Å²) in [5.74, 6) is -0.782. The second kappa shape index (κ2) is 7.76. The zero-order chi connectivity index (χ0) is 12.6. The normalized spacial score (nSPS) is 13.5. The monoisotopic (exact) mass is 251 g/mol. The van der Waals surface area contributed by atoms with Crippen LogP contribution in [0.3, 0.4) is 0 Å². The van der Waals surface area contributed by atoms with Crippen molar-refractivity contribution in [1.29, 1.82) is 0 Å². The van der Waals surface area contributed by atoms with Gasteiger partial charge in [-0.05, 0) is 12.8 Å². The molecule has 0 aromatic carbocycles. The Balaban J connectivity index is 4.48. The smallest absolute Gasteiger partial charge is 0.341 e. The van der Waals surface area contributed by atoms with Crippen molar-refractivity contribution in [2.45, 2.75) is 57.9 Å². The third kappa shape index (κ3) is 5.58. The van der Waals surface area contributed by atoms with Crippen LogP contribution in [0.5, 0.6) is 0 Å². The number of nitrogens with two attached hydrogens (primary N) is 1. The van der Waals surface area contributed by atoms with Crippen molar-refractivity contribution in [2.75, 3.05) is 0 Å². The van der Waals surface area contributed by atoms with E-state index in [0.29, 0.717) is 12.8 Å². The molecule has 0 saturated carbocycles. The van der Waals surface area contributed by atoms with E-state index in [1.807, 2.05) is 13.8 Å². The fraction of sp³-hybridized carbons (Fsp3) is 0.900. The summed E-state index contributed by atoms with van der Waals surface area (Å²) in [5.41, 5.74) is 4.82. The molecule has 0 bridgehead atoms. The zero-order valence-electron chi connectivity index (χ0n) is 9.90. The lowest BCUT2D eigenvalue weighted by Gasteiger charge is -2.25. The average molecular weight is 251 g/mol. The highest BCUT2D eigenvalue weighted by molar-refractivity contribution is 7.74. The molecular weight excluding hydrogens is 230 g/mol. The van der Waals surface area contributed by atoms with Crippen LogP contribution >= 0.6 is 0 Å². The van der Waals surface area contributed by atoms with Crippen LogP contribution in [0, 0.1) is 0 Å². The fourth-order valence-electron chi connectivity index (χ4n) is 1.46. The number of carbonyl (C=O) groups is 1. The maximum Gasteiger partial charge on any atom is 0.360 e. The van der Waals surface area contributed by atoms with Crippen LogP contribution in [0.25, 0.3) is 0 Å². The molecule has 16 heavy (non-hydrogen) atoms. The Hall–Kier alpha value is -0.460. The molecule has 1 unspecified atom stereocenters. The van der Waals surface area contributed by atoms with Crippen molar-refractivity contribution in [3.05, 3.63) is 0 Å². The van der Waals surface area contributed by atoms with E-state index in [1.54, 1.807) is 0 Å². The van der Waals surface area contributed by atoms with E-state index in [9.17, 15) is 9.00 Å². The van der Waals surface area contributed by atoms with Crippen molar-refractivity contribution in [2.24, 2.45) is 5.73 Å². The van der Waals surface area contributed by atoms with Gasteiger partial charge in [0, 0.05) is 0 Å². The third-order valence-corrected chi connectivity index (χ3v) is 2.80. The molecule has 0 aliphatic heterocycles. The van der Waals surface area contributed by atoms with Gasteiger partial charge < -0.3 is 9.92 Å². The lowest BCUT2D eigenvalue weighted by atomic mass is 9.88. The van der Waals surface area contributed by atoms with E-state index < -0.39 is 22.9 Å². The molecule has 3 N–H and O–H groups in total. The fourth-order valence-corrected chi connectivity index (χ4v) is 1.76. The quantitative estimate of drug-likeness (QED) is 0.641. The van der Waals surface area contributed by atoms with Crippen LogP contribution < -0.4 is 5.73 Å². The molecule has 0 aliphatic rings. The first-order chi connectivity index (χ1) is 7.46. The van der Waals surface area contributed by atoms with E-state index in [1.165, 1.54) is 0 Å². The summed E-state index contributed by atoms with van der Waals surface area (Å²) >= 11 is -2.58. The van der Waals surface area contributed by atoms with Crippen molar-refractivity contribution < 1.29 is 17.7 Å². The van der Waals surface area contributed by atoms with Gasteiger partial charge in [0.25, 0.3) is 0 Å². The van der Waals surface area contributed by atoms with Crippen molar-refractivity contribution in [3.63, 3.8) is 0 Å². The molecular formula is C10H21NO4S. The van der Waals surface area contributed by atoms with Crippen LogP contribution in [0.15, 0.2) is 0 Å². The Kier molecular flexibility index (Phi) is 7.53. The maximum absolute atomic E-state index is 11.6. The molecule has 0 spiro atoms. The Morgan fingerprint density at radius 2 is 1.75 bits per heavy atom. The second-order valence-electron chi connectivity index (χ2n) is 3.95. The topological polar surface area (TPSA) is 89.6 Å². The molecule has 0 radical (unpaired) electrons. The van der Waals surface area contributed by atoms with Crippen LogP contribution in [-0.4, -0.2) is 20.3 Å². The van der Waals surface area contributed by atoms with Gasteiger partial charge in [-0.1, -0.05) is 39.5 Å². The van der Waals surface area contributed by atoms with Gasteiger partial charge in [-0.3, -0.25) is 4.55 Å². The molecule has 0 amide bonds. The van der Waals surface area contributed by atoms with Gasteiger partial charge in [0.2, 0.25) is 0 Å². The first-order valence-corrected chi connectivity index (χ1v) is 6.62. The Morgan fingerprint density at radius 1 is 1.31 bits per heavy atom. The number of unbranched alkanes of at least 4 members (excludes halogenated alkanes) is 2. The van der Waals surface area contributed by atoms with E-state index in [2.05, 4.69) is 4.18 Å². The summed E-state index contributed by atoms with van der Waals surface area (Å²) in [6, 6.07) is 0. The standard InChI is InChI=1S/C10H21NO4S/c1-3-5-7-10(11,8-6-4-2)9(12)15-16(13)14/h3-8,11H2,1-2H3,(H,13,14). The largest absolute Gasteiger partial charge is 0.360 e. The van der Waals surface area contributed by atoms with Crippen molar-refractivity contribution in [1.82, 2.24) is 0 Å². The summed E-state index contributed by atoms with van der Waals surface area (Å²) in [6.07, 6.45) is 4.40. The SMILES string of the molecule is CCCCC(N)(CCCC)C(=O)OS(=O)O. The molecule has 96 valence electrons. The highest BCUT2D eigenvalue weighted by Crippen LogP contribution is 2.21. The highest BCUT2D eigenvalue weighted by atomic mass is 32.2. The molecule has 0 aliphatic carbocycles. The number of rotatable bonds is 8. The van der Waals surface area contributed by atoms with Crippen LogP contribution in [-0.2, 0) is 20.3 Å². The zero-order valence-corrected chi connectivity index (χ0v) is 10.7. The minimum absolute atomic E-state index is 0.486. The Bertz CT molecular complexity index is 237. The van der Waals surface area contributed by atoms with Crippen LogP contribution in [0.2, 0.25) is 0 Å². The second-order valence-corrected chi connectivity index (χ2v) is 4.55. The average Bonchev–Trinajstić information content (AvgIpc) is 2.22. The van der Waals surface area contributed by atoms with Gasteiger partial charge >= 0.3 is 17.3 Å². The maximum atomic E-state index is 11.6. The van der Waals surface area contributed by atoms with Gasteiger partial charge in [-0.15, -0.1) is 0 Å². The number of carbonyl (C=O) groups excluding carboxylic acids is 1. The predicted octanol–water partition coefficient (Wildman–Crippen LogP) is 1.74. The number of hydrogen-bond acceptors (Lipinski definition) is 4. The molecule has 0 saturated heterocycles. The minimum Gasteiger partial charge on any atom is -0.341 e. The van der Waals surface area contributed by atoms with Gasteiger partial charge in [-0.25, -0.2) is 4.79 Å². The molecule has 5 nitrogen and oxygen atoms in total. The molecule has 0 fully saturated rings. The van der Waals surface area contributed by atoms with Gasteiger partial charge in [0.1, 0.15) is 5.54 Å². The number of hydrogen-bond donors (Lipinski definition) is 2. The van der Waals surface area contributed by atoms with E-state index >= 15 is 0 Å². The molecule has 0 aromatic heterocycles. The van der Waals surface area contributed by atoms with Crippen LogP contribution in [0.1, 0.15) is 52.4 Å². The van der Waals surface area contributed by atoms with E-state index in [-0.39, 0.29) is 0 Å². The molecule has 6 heteroatoms. The molecule has 1 atom stereocenters. The molecule has 0 rings (SSSR count). The predicted molar refractivity (Wildman–Crippen MR) is 62.8 cm³/mol. The van der Waals surface area contributed by atoms with Gasteiger partial charge in [0.05, 0.1) is 0 Å². The summed E-state index contributed by atoms with van der Waals surface area (Å²) in [7, 11) is 0. The van der Waals surface area contributed by atoms with Crippen LogP contribution in [0.4, 0.5) is 0 Å². The Morgan fingerprint density at radius 3 is 2.06 bits per heavy atom. The highest BCUT2D eigenvalue weighted by Gasteiger charge is 2.35. The third-order valence-electron chi connectivity index (χ3n) is 2.51. The lowest BCUT2D eigenvalue weighted by Crippen LogP contribution is -2.49. The first-order valence-electron chi connectivity index (χ1n) is 5.58. The molecule has 0 aromatic rings. The summed E-state index contributed by atoms with van der Waals surface area (Å²) in [5, 5.41) is 0. The van der Waals surface area contributed by atoms with Gasteiger partial charge in [0.15, 0.2) is 0 Å². The summed E-state index contributed by atoms with van der Waals surface area (Å²) < 4.78 is 23.2. The van der Waals surface area contributed by atoms with Crippen molar-refractivity contribution >= 4 is 17.3 Å². The minimum atomic E-state index is -2.58. The first kappa shape index (κ1) is 15.5. The van der Waals surface area contributed by atoms with Gasteiger partial charge in [-0.2, -0.15) is 4.21 Å². The lowest BCUT2D eigenvalue weighted by molar-refractivity contribution is -0.140. The molecule has 0 heterocycles.